The molecule has 8 aromatic rings. The largest absolute Gasteiger partial charge is 0.573 e. The zero-order valence-electron chi connectivity index (χ0n) is 42.4. The summed E-state index contributed by atoms with van der Waals surface area (Å²) in [5, 5.41) is 0. The van der Waals surface area contributed by atoms with Crippen molar-refractivity contribution in [3.63, 3.8) is 0 Å². The smallest absolute Gasteiger partial charge is 0.406 e. The van der Waals surface area contributed by atoms with Gasteiger partial charge in [-0.2, -0.15) is 0 Å². The maximum absolute atomic E-state index is 12.4. The number of rotatable bonds is 8. The second-order valence-electron chi connectivity index (χ2n) is 17.3. The van der Waals surface area contributed by atoms with Gasteiger partial charge in [-0.1, -0.05) is 37.1 Å². The van der Waals surface area contributed by atoms with Crippen LogP contribution in [0.25, 0.3) is 39.4 Å². The zero-order chi connectivity index (χ0) is 57.8. The highest BCUT2D eigenvalue weighted by atomic mass is 35.5. The van der Waals surface area contributed by atoms with Crippen LogP contribution < -0.4 is 37.5 Å². The van der Waals surface area contributed by atoms with Crippen LogP contribution in [0, 0.1) is 13.8 Å². The van der Waals surface area contributed by atoms with E-state index in [0.29, 0.717) is 40.1 Å². The average Bonchev–Trinajstić information content (AvgIpc) is 3.91. The van der Waals surface area contributed by atoms with Crippen molar-refractivity contribution in [3.05, 3.63) is 154 Å². The van der Waals surface area contributed by atoms with Crippen LogP contribution in [0.1, 0.15) is 82.9 Å². The number of aryl methyl sites for hydroxylation is 2. The topological polar surface area (TPSA) is 232 Å². The molecule has 2 aromatic carbocycles. The number of pyridine rings is 2. The number of alkyl halides is 9. The molecule has 0 saturated carbocycles. The molecule has 0 radical (unpaired) electrons. The molecule has 0 atom stereocenters. The minimum absolute atomic E-state index is 0. The standard InChI is InChI=1S/C19H13F3N4O2.C17H13F3N4O2.C10H16BN3O2.C2H4Cl2.C2H3ClO.5CH4/c1-12-8-17(27)26(14-2-4-15(5-3-14)28-19(20,21)22)11-16(12)13-9-24-18-23-6-7-25(18)10-13;1-10-6-15(25)24(9-14(10)11-7-22-16(21)23-8-11)12-2-4-13(5-3-12)26-17(18,19)20;1-9(2)10(3,4)16-11(15-9)7-5-13-8(12)14-6-7;1-2(3)4;3-1-2-4;;;;;/h2-11H,1H3;2-9H,1H3,(H2,21,22,23);5-6H,1-4H3,(H2,12,13,14);2H,1H3;2H,1H2;5*1H4. The fourth-order valence-corrected chi connectivity index (χ4v) is 6.76. The molecular weight excluding hydrogens is 1160 g/mol. The molecule has 0 bridgehead atoms. The average molecular weight is 1230 g/mol. The lowest BCUT2D eigenvalue weighted by Gasteiger charge is -2.32. The fourth-order valence-electron chi connectivity index (χ4n) is 6.76. The number of aromatic nitrogens is 9. The number of nitrogens with zero attached hydrogens (tertiary/aromatic N) is 9. The molecule has 7 heterocycles. The third-order valence-corrected chi connectivity index (χ3v) is 11.2. The molecule has 6 aromatic heterocycles. The van der Waals surface area contributed by atoms with Crippen LogP contribution in [0.3, 0.4) is 0 Å². The van der Waals surface area contributed by atoms with Gasteiger partial charge in [0.25, 0.3) is 11.1 Å². The van der Waals surface area contributed by atoms with E-state index in [4.69, 9.17) is 60.4 Å². The Morgan fingerprint density at radius 1 is 0.639 bits per heavy atom. The molecule has 0 spiro atoms. The summed E-state index contributed by atoms with van der Waals surface area (Å²) in [6.07, 6.45) is 7.51. The second kappa shape index (κ2) is 32.3. The maximum Gasteiger partial charge on any atom is 0.573 e. The number of halogens is 9. The highest BCUT2D eigenvalue weighted by Gasteiger charge is 2.52. The predicted molar refractivity (Wildman–Crippen MR) is 318 cm³/mol. The molecule has 9 rings (SSSR count). The molecule has 18 nitrogen and oxygen atoms in total. The van der Waals surface area contributed by atoms with Crippen molar-refractivity contribution in [3.8, 4) is 45.1 Å². The van der Waals surface area contributed by atoms with Crippen LogP contribution in [0.15, 0.2) is 132 Å². The Morgan fingerprint density at radius 2 is 1.00 bits per heavy atom. The van der Waals surface area contributed by atoms with E-state index in [1.807, 2.05) is 33.9 Å². The van der Waals surface area contributed by atoms with Crippen molar-refractivity contribution in [1.29, 1.82) is 0 Å². The summed E-state index contributed by atoms with van der Waals surface area (Å²) in [5.41, 5.74) is 15.5. The maximum atomic E-state index is 12.4. The molecule has 0 amide bonds. The van der Waals surface area contributed by atoms with Crippen molar-refractivity contribution < 1.29 is 49.9 Å². The summed E-state index contributed by atoms with van der Waals surface area (Å²) in [7, 11) is -0.425. The molecule has 1 saturated heterocycles. The van der Waals surface area contributed by atoms with Gasteiger partial charge in [-0.3, -0.25) is 23.1 Å². The Labute approximate surface area is 493 Å². The Bertz CT molecular complexity index is 3370. The molecule has 1 aliphatic heterocycles. The van der Waals surface area contributed by atoms with Crippen molar-refractivity contribution in [2.75, 3.05) is 17.3 Å². The number of anilines is 2. The number of fused-ring (bicyclic) bond motifs is 1. The first-order valence-corrected chi connectivity index (χ1v) is 24.2. The quantitative estimate of drug-likeness (QED) is 0.0623. The van der Waals surface area contributed by atoms with E-state index in [9.17, 15) is 35.9 Å². The summed E-state index contributed by atoms with van der Waals surface area (Å²) < 4.78 is 97.5. The van der Waals surface area contributed by atoms with Gasteiger partial charge in [-0.15, -0.1) is 61.1 Å². The third-order valence-electron chi connectivity index (χ3n) is 11.0. The highest BCUT2D eigenvalue weighted by molar-refractivity contribution is 6.61. The summed E-state index contributed by atoms with van der Waals surface area (Å²) in [4.78, 5) is 57.6. The summed E-state index contributed by atoms with van der Waals surface area (Å²) in [6, 6.07) is 13.0. The predicted octanol–water partition coefficient (Wildman–Crippen LogP) is 12.6. The van der Waals surface area contributed by atoms with Crippen LogP contribution in [-0.2, 0) is 14.1 Å². The Kier molecular flexibility index (Phi) is 29.4. The van der Waals surface area contributed by atoms with E-state index in [-0.39, 0.29) is 93.6 Å². The molecule has 0 aliphatic carbocycles. The Balaban J connectivity index is 0.00000114. The number of hydrogen-bond acceptors (Lipinski definition) is 15. The van der Waals surface area contributed by atoms with E-state index in [1.54, 1.807) is 68.5 Å². The van der Waals surface area contributed by atoms with E-state index in [1.165, 1.54) is 57.9 Å². The number of imidazole rings is 1. The van der Waals surface area contributed by atoms with Gasteiger partial charge in [0.2, 0.25) is 17.7 Å². The number of benzene rings is 2. The van der Waals surface area contributed by atoms with E-state index >= 15 is 0 Å². The third kappa shape index (κ3) is 21.9. The van der Waals surface area contributed by atoms with Gasteiger partial charge >= 0.3 is 19.8 Å². The lowest BCUT2D eigenvalue weighted by molar-refractivity contribution is -0.275. The highest BCUT2D eigenvalue weighted by Crippen LogP contribution is 2.36. The van der Waals surface area contributed by atoms with Crippen LogP contribution in [0.4, 0.5) is 38.2 Å². The van der Waals surface area contributed by atoms with Gasteiger partial charge in [0.1, 0.15) is 22.6 Å². The number of nitrogens with two attached hydrogens (primary N) is 2. The number of nitrogen functional groups attached to an aromatic ring is 2. The van der Waals surface area contributed by atoms with Gasteiger partial charge in [0.05, 0.1) is 17.1 Å². The number of carbonyl (C=O) groups is 1. The van der Waals surface area contributed by atoms with Gasteiger partial charge in [-0.25, -0.2) is 29.9 Å². The molecule has 1 fully saturated rings. The van der Waals surface area contributed by atoms with Crippen LogP contribution in [0.5, 0.6) is 11.5 Å². The lowest BCUT2D eigenvalue weighted by Crippen LogP contribution is -2.41. The van der Waals surface area contributed by atoms with Crippen molar-refractivity contribution in [1.82, 2.24) is 43.4 Å². The van der Waals surface area contributed by atoms with E-state index < -0.39 is 19.8 Å². The summed E-state index contributed by atoms with van der Waals surface area (Å²) >= 11 is 14.9. The first kappa shape index (κ1) is 75.4. The monoisotopic (exact) mass is 1230 g/mol. The molecule has 83 heavy (non-hydrogen) atoms. The normalized spacial score (nSPS) is 12.6. The first-order chi connectivity index (χ1) is 36.5. The number of ether oxygens (including phenoxy) is 2. The Hall–Kier alpha value is -7.58. The van der Waals surface area contributed by atoms with Crippen LogP contribution in [0.2, 0.25) is 0 Å². The van der Waals surface area contributed by atoms with Gasteiger partial charge in [-0.05, 0) is 108 Å². The SMILES string of the molecule is C.C.C.C.C.CC(Cl)Cl.CC1(C)OB(c2cnc(N)nc2)OC1(C)C.Cc1cc(=O)n(-c2ccc(OC(F)(F)F)cc2)cc1-c1cnc(N)nc1.Cc1cc(=O)n(-c2ccc(OC(F)(F)F)cc2)cc1-c1cnc2nccn2c1.O=CCCl. The summed E-state index contributed by atoms with van der Waals surface area (Å²) in [6.45, 7) is 13.3. The van der Waals surface area contributed by atoms with Crippen molar-refractivity contribution in [2.24, 2.45) is 0 Å². The van der Waals surface area contributed by atoms with Crippen LogP contribution in [-0.4, -0.2) is 91.5 Å². The molecule has 28 heteroatoms. The first-order valence-electron chi connectivity index (χ1n) is 22.8. The van der Waals surface area contributed by atoms with E-state index in [0.717, 1.165) is 46.4 Å². The van der Waals surface area contributed by atoms with Gasteiger partial charge < -0.3 is 35.0 Å². The van der Waals surface area contributed by atoms with Crippen LogP contribution >= 0.6 is 34.8 Å². The zero-order valence-corrected chi connectivity index (χ0v) is 44.7. The molecule has 0 unspecified atom stereocenters. The molecular formula is C55H69BCl3F6N11O7. The Morgan fingerprint density at radius 3 is 1.37 bits per heavy atom. The van der Waals surface area contributed by atoms with Gasteiger partial charge in [0.15, 0.2) is 0 Å². The molecule has 1 aliphatic rings. The van der Waals surface area contributed by atoms with Crippen molar-refractivity contribution >= 4 is 71.3 Å². The molecule has 452 valence electrons. The molecule has 4 N–H and O–H groups in total. The second-order valence-corrected chi connectivity index (χ2v) is 19.2. The van der Waals surface area contributed by atoms with Crippen molar-refractivity contribution in [2.45, 2.75) is 114 Å². The minimum atomic E-state index is -4.77. The van der Waals surface area contributed by atoms with Gasteiger partial charge in [0, 0.05) is 113 Å². The van der Waals surface area contributed by atoms with E-state index in [2.05, 4.69) is 39.4 Å². The number of hydrogen-bond donors (Lipinski definition) is 2. The minimum Gasteiger partial charge on any atom is -0.406 e. The fraction of sp³-hybridized carbons (Fsp3) is 0.327. The lowest BCUT2D eigenvalue weighted by atomic mass is 9.81. The number of carbonyl (C=O) groups excluding carboxylic acids is 1. The number of aldehydes is 1. The summed E-state index contributed by atoms with van der Waals surface area (Å²) in [5.74, 6) is 0.315.